The van der Waals surface area contributed by atoms with Crippen LogP contribution in [-0.4, -0.2) is 4.57 Å². The molecule has 2 aliphatic rings. The molecule has 10 heavy (non-hydrogen) atoms. The highest BCUT2D eigenvalue weighted by Gasteiger charge is 2.39. The number of rotatable bonds is 1. The third-order valence-corrected chi connectivity index (χ3v) is 2.64. The van der Waals surface area contributed by atoms with Crippen molar-refractivity contribution in [2.75, 3.05) is 0 Å². The molecule has 0 aromatic carbocycles. The highest BCUT2D eigenvalue weighted by molar-refractivity contribution is 5.58. The van der Waals surface area contributed by atoms with Gasteiger partial charge in [-0.2, -0.15) is 0 Å². The van der Waals surface area contributed by atoms with Crippen molar-refractivity contribution in [1.82, 2.24) is 4.57 Å². The lowest BCUT2D eigenvalue weighted by atomic mass is 10.0. The number of nitrogens with zero attached hydrogens (tertiary/aromatic N) is 1. The van der Waals surface area contributed by atoms with Crippen LogP contribution >= 0.6 is 0 Å². The Kier molecular flexibility index (Phi) is 0.590. The fourth-order valence-corrected chi connectivity index (χ4v) is 2.09. The zero-order valence-electron chi connectivity index (χ0n) is 6.44. The van der Waals surface area contributed by atoms with Gasteiger partial charge in [0.05, 0.1) is 6.54 Å². The van der Waals surface area contributed by atoms with Crippen LogP contribution in [0.5, 0.6) is 0 Å². The normalized spacial score (nSPS) is 17.1. The van der Waals surface area contributed by atoms with Crippen LogP contribution in [0.1, 0.15) is 42.3 Å². The van der Waals surface area contributed by atoms with Crippen LogP contribution in [0.4, 0.5) is 0 Å². The topological polar surface area (TPSA) is 4.93 Å². The van der Waals surface area contributed by atoms with Gasteiger partial charge in [0.25, 0.3) is 0 Å². The predicted molar refractivity (Wildman–Crippen MR) is 40.4 cm³/mol. The lowest BCUT2D eigenvalue weighted by Gasteiger charge is -1.99. The third-order valence-electron chi connectivity index (χ3n) is 2.64. The molecule has 2 heterocycles. The Morgan fingerprint density at radius 2 is 2.10 bits per heavy atom. The van der Waals surface area contributed by atoms with Gasteiger partial charge < -0.3 is 4.57 Å². The second-order valence-corrected chi connectivity index (χ2v) is 3.70. The van der Waals surface area contributed by atoms with Crippen LogP contribution in [0, 0.1) is 0 Å². The number of aromatic nitrogens is 1. The molecule has 1 aliphatic heterocycles. The Balaban J connectivity index is 2.24. The van der Waals surface area contributed by atoms with Crippen molar-refractivity contribution in [1.29, 1.82) is 0 Å². The monoisotopic (exact) mass is 133 g/mol. The fraction of sp³-hybridized carbons (Fsp3) is 0.556. The molecule has 0 saturated heterocycles. The standard InChI is InChI=1S/C9H11N/c1-5(2)9-6-3-7(6)10-4-8(9)10/h5H,3-4H2,1-2H3. The summed E-state index contributed by atoms with van der Waals surface area (Å²) in [5, 5.41) is 0. The number of hydrogen-bond acceptors (Lipinski definition) is 0. The Morgan fingerprint density at radius 1 is 1.30 bits per heavy atom. The van der Waals surface area contributed by atoms with E-state index < -0.39 is 0 Å². The van der Waals surface area contributed by atoms with Crippen molar-refractivity contribution < 1.29 is 0 Å². The lowest BCUT2D eigenvalue weighted by Crippen LogP contribution is -1.85. The SMILES string of the molecule is CC(C)c1c2c(n3c1C3)C2. The molecule has 0 bridgehead atoms. The van der Waals surface area contributed by atoms with E-state index in [2.05, 4.69) is 18.4 Å². The summed E-state index contributed by atoms with van der Waals surface area (Å²) in [5.74, 6) is 0.759. The molecule has 0 unspecified atom stereocenters. The first-order valence-electron chi connectivity index (χ1n) is 4.02. The first kappa shape index (κ1) is 5.00. The molecule has 52 valence electrons. The zero-order chi connectivity index (χ0) is 6.88. The number of hydrogen-bond donors (Lipinski definition) is 0. The van der Waals surface area contributed by atoms with E-state index in [0.29, 0.717) is 0 Å². The van der Waals surface area contributed by atoms with Crippen LogP contribution < -0.4 is 0 Å². The minimum Gasteiger partial charge on any atom is -0.340 e. The molecule has 0 radical (unpaired) electrons. The maximum Gasteiger partial charge on any atom is 0.0632 e. The summed E-state index contributed by atoms with van der Waals surface area (Å²) in [6.07, 6.45) is 1.30. The van der Waals surface area contributed by atoms with Gasteiger partial charge in [-0.15, -0.1) is 0 Å². The Morgan fingerprint density at radius 3 is 2.50 bits per heavy atom. The van der Waals surface area contributed by atoms with Crippen LogP contribution in [0.2, 0.25) is 0 Å². The van der Waals surface area contributed by atoms with Crippen molar-refractivity contribution in [3.05, 3.63) is 22.5 Å². The van der Waals surface area contributed by atoms with Gasteiger partial charge in [0.15, 0.2) is 0 Å². The van der Waals surface area contributed by atoms with Crippen LogP contribution in [-0.2, 0) is 13.0 Å². The molecule has 0 atom stereocenters. The molecule has 0 saturated carbocycles. The van der Waals surface area contributed by atoms with E-state index in [4.69, 9.17) is 0 Å². The fourth-order valence-electron chi connectivity index (χ4n) is 2.09. The molecular formula is C9H11N. The minimum absolute atomic E-state index is 0.759. The predicted octanol–water partition coefficient (Wildman–Crippen LogP) is 1.88. The highest BCUT2D eigenvalue weighted by atomic mass is 15.2. The summed E-state index contributed by atoms with van der Waals surface area (Å²) in [4.78, 5) is 0. The Labute approximate surface area is 60.7 Å². The quantitative estimate of drug-likeness (QED) is 0.477. The molecule has 1 aromatic rings. The van der Waals surface area contributed by atoms with Gasteiger partial charge in [0.1, 0.15) is 0 Å². The average molecular weight is 133 g/mol. The molecule has 0 spiro atoms. The first-order valence-corrected chi connectivity index (χ1v) is 4.02. The molecule has 0 amide bonds. The van der Waals surface area contributed by atoms with Gasteiger partial charge >= 0.3 is 0 Å². The van der Waals surface area contributed by atoms with Crippen LogP contribution in [0.3, 0.4) is 0 Å². The molecule has 1 nitrogen and oxygen atoms in total. The second kappa shape index (κ2) is 1.18. The summed E-state index contributed by atoms with van der Waals surface area (Å²) in [6.45, 7) is 5.85. The van der Waals surface area contributed by atoms with Crippen LogP contribution in [0.15, 0.2) is 0 Å². The van der Waals surface area contributed by atoms with Gasteiger partial charge in [0, 0.05) is 17.8 Å². The summed E-state index contributed by atoms with van der Waals surface area (Å²) in [7, 11) is 0. The van der Waals surface area contributed by atoms with Gasteiger partial charge in [-0.1, -0.05) is 13.8 Å². The lowest BCUT2D eigenvalue weighted by molar-refractivity contribution is 0.861. The van der Waals surface area contributed by atoms with Gasteiger partial charge in [-0.25, -0.2) is 0 Å². The molecule has 3 rings (SSSR count). The maximum atomic E-state index is 2.46. The largest absolute Gasteiger partial charge is 0.340 e. The van der Waals surface area contributed by atoms with E-state index in [0.717, 1.165) is 5.92 Å². The van der Waals surface area contributed by atoms with E-state index in [9.17, 15) is 0 Å². The summed E-state index contributed by atoms with van der Waals surface area (Å²) in [6, 6.07) is 0. The molecule has 1 heteroatoms. The summed E-state index contributed by atoms with van der Waals surface area (Å²) in [5.41, 5.74) is 6.62. The second-order valence-electron chi connectivity index (χ2n) is 3.70. The summed E-state index contributed by atoms with van der Waals surface area (Å²) < 4.78 is 2.46. The highest BCUT2D eigenvalue weighted by Crippen LogP contribution is 2.47. The maximum absolute atomic E-state index is 2.46. The molecular weight excluding hydrogens is 122 g/mol. The molecule has 0 N–H and O–H groups in total. The van der Waals surface area contributed by atoms with Gasteiger partial charge in [0.2, 0.25) is 0 Å². The molecule has 0 fully saturated rings. The van der Waals surface area contributed by atoms with Crippen molar-refractivity contribution >= 4 is 0 Å². The molecule has 1 aromatic heterocycles. The average Bonchev–Trinajstić information content (AvgIpc) is 2.66. The Hall–Kier alpha value is -0.720. The zero-order valence-corrected chi connectivity index (χ0v) is 6.44. The Bertz CT molecular complexity index is 290. The van der Waals surface area contributed by atoms with Gasteiger partial charge in [-0.05, 0) is 17.0 Å². The van der Waals surface area contributed by atoms with Gasteiger partial charge in [-0.3, -0.25) is 0 Å². The smallest absolute Gasteiger partial charge is 0.0632 e. The van der Waals surface area contributed by atoms with E-state index >= 15 is 0 Å². The van der Waals surface area contributed by atoms with Crippen LogP contribution in [0.25, 0.3) is 0 Å². The first-order chi connectivity index (χ1) is 4.79. The molecule has 1 aliphatic carbocycles. The summed E-state index contributed by atoms with van der Waals surface area (Å²) >= 11 is 0. The van der Waals surface area contributed by atoms with Crippen molar-refractivity contribution in [2.24, 2.45) is 0 Å². The van der Waals surface area contributed by atoms with Crippen molar-refractivity contribution in [3.8, 4) is 0 Å². The van der Waals surface area contributed by atoms with Crippen molar-refractivity contribution in [2.45, 2.75) is 32.7 Å². The van der Waals surface area contributed by atoms with E-state index in [-0.39, 0.29) is 0 Å². The van der Waals surface area contributed by atoms with E-state index in [1.165, 1.54) is 13.0 Å². The minimum atomic E-state index is 0.759. The van der Waals surface area contributed by atoms with Crippen molar-refractivity contribution in [3.63, 3.8) is 0 Å². The van der Waals surface area contributed by atoms with E-state index in [1.54, 1.807) is 22.5 Å². The number of fused-ring (bicyclic) bond motifs is 3. The third kappa shape index (κ3) is 0.386. The van der Waals surface area contributed by atoms with E-state index in [1.807, 2.05) is 0 Å².